The van der Waals surface area contributed by atoms with Gasteiger partial charge in [0.05, 0.1) is 5.52 Å². The molecular formula is C12H10N4. The smallest absolute Gasteiger partial charge is 0.101 e. The molecule has 0 radical (unpaired) electrons. The number of benzene rings is 1. The van der Waals surface area contributed by atoms with Crippen LogP contribution in [0.3, 0.4) is 0 Å². The Balaban J connectivity index is 2.65. The van der Waals surface area contributed by atoms with E-state index in [1.807, 2.05) is 18.2 Å². The zero-order chi connectivity index (χ0) is 11.1. The Hall–Kier alpha value is -2.36. The summed E-state index contributed by atoms with van der Waals surface area (Å²) >= 11 is 0. The number of fused-ring (bicyclic) bond motifs is 3. The summed E-state index contributed by atoms with van der Waals surface area (Å²) in [6, 6.07) is 7.46. The van der Waals surface area contributed by atoms with Gasteiger partial charge in [-0.05, 0) is 18.2 Å². The number of nitrogens with zero attached hydrogens (tertiary/aromatic N) is 2. The normalized spacial score (nSPS) is 11.0. The van der Waals surface area contributed by atoms with E-state index in [2.05, 4.69) is 9.97 Å². The summed E-state index contributed by atoms with van der Waals surface area (Å²) in [7, 11) is 0. The average molecular weight is 210 g/mol. The fourth-order valence-corrected chi connectivity index (χ4v) is 1.93. The molecular weight excluding hydrogens is 200 g/mol. The van der Waals surface area contributed by atoms with Crippen LogP contribution in [0.5, 0.6) is 0 Å². The highest BCUT2D eigenvalue weighted by Gasteiger charge is 2.08. The van der Waals surface area contributed by atoms with Gasteiger partial charge < -0.3 is 11.5 Å². The van der Waals surface area contributed by atoms with E-state index in [1.165, 1.54) is 0 Å². The molecule has 4 heteroatoms. The standard InChI is InChI=1S/C12H10N4/c13-8-3-5-16-12-10(8)9(14)6-7-2-1-4-15-11(7)12/h1-6H,14H2,(H2,13,16). The van der Waals surface area contributed by atoms with Crippen molar-refractivity contribution < 1.29 is 0 Å². The molecule has 0 unspecified atom stereocenters. The van der Waals surface area contributed by atoms with Crippen molar-refractivity contribution in [3.8, 4) is 0 Å². The Morgan fingerprint density at radius 1 is 0.875 bits per heavy atom. The number of aromatic nitrogens is 2. The molecule has 3 aromatic rings. The van der Waals surface area contributed by atoms with Crippen molar-refractivity contribution in [1.29, 1.82) is 0 Å². The number of nitrogens with two attached hydrogens (primary N) is 2. The maximum atomic E-state index is 5.98. The second-order valence-corrected chi connectivity index (χ2v) is 3.66. The fraction of sp³-hybridized carbons (Fsp3) is 0. The molecule has 0 saturated heterocycles. The van der Waals surface area contributed by atoms with Gasteiger partial charge >= 0.3 is 0 Å². The Labute approximate surface area is 91.9 Å². The predicted molar refractivity (Wildman–Crippen MR) is 65.9 cm³/mol. The molecule has 0 aliphatic heterocycles. The van der Waals surface area contributed by atoms with Crippen LogP contribution in [0.4, 0.5) is 11.4 Å². The van der Waals surface area contributed by atoms with Gasteiger partial charge in [0.15, 0.2) is 0 Å². The predicted octanol–water partition coefficient (Wildman–Crippen LogP) is 1.95. The highest BCUT2D eigenvalue weighted by atomic mass is 14.8. The van der Waals surface area contributed by atoms with Gasteiger partial charge in [-0.1, -0.05) is 6.07 Å². The van der Waals surface area contributed by atoms with Crippen LogP contribution in [-0.2, 0) is 0 Å². The summed E-state index contributed by atoms with van der Waals surface area (Å²) in [4.78, 5) is 8.63. The highest BCUT2D eigenvalue weighted by Crippen LogP contribution is 2.30. The summed E-state index contributed by atoms with van der Waals surface area (Å²) in [5.41, 5.74) is 14.7. The van der Waals surface area contributed by atoms with Crippen LogP contribution in [0, 0.1) is 0 Å². The molecule has 0 atom stereocenters. The molecule has 0 amide bonds. The van der Waals surface area contributed by atoms with Gasteiger partial charge in [0, 0.05) is 34.5 Å². The average Bonchev–Trinajstić information content (AvgIpc) is 2.29. The van der Waals surface area contributed by atoms with Gasteiger partial charge in [0.1, 0.15) is 5.52 Å². The molecule has 4 nitrogen and oxygen atoms in total. The van der Waals surface area contributed by atoms with E-state index < -0.39 is 0 Å². The van der Waals surface area contributed by atoms with E-state index in [1.54, 1.807) is 18.5 Å². The lowest BCUT2D eigenvalue weighted by Gasteiger charge is -2.07. The summed E-state index contributed by atoms with van der Waals surface area (Å²) in [6.45, 7) is 0. The molecule has 2 aromatic heterocycles. The second kappa shape index (κ2) is 3.06. The first-order valence-corrected chi connectivity index (χ1v) is 4.95. The molecule has 0 spiro atoms. The van der Waals surface area contributed by atoms with Gasteiger partial charge in [0.2, 0.25) is 0 Å². The summed E-state index contributed by atoms with van der Waals surface area (Å²) in [5, 5.41) is 1.76. The van der Waals surface area contributed by atoms with Gasteiger partial charge in [0.25, 0.3) is 0 Å². The maximum Gasteiger partial charge on any atom is 0.101 e. The van der Waals surface area contributed by atoms with Crippen LogP contribution >= 0.6 is 0 Å². The Bertz CT molecular complexity index is 691. The molecule has 3 rings (SSSR count). The van der Waals surface area contributed by atoms with Crippen LogP contribution in [0.2, 0.25) is 0 Å². The third-order valence-electron chi connectivity index (χ3n) is 2.65. The molecule has 2 heterocycles. The zero-order valence-corrected chi connectivity index (χ0v) is 8.51. The van der Waals surface area contributed by atoms with Crippen LogP contribution in [0.1, 0.15) is 0 Å². The van der Waals surface area contributed by atoms with Gasteiger partial charge in [-0.3, -0.25) is 9.97 Å². The van der Waals surface area contributed by atoms with Gasteiger partial charge in [-0.15, -0.1) is 0 Å². The number of pyridine rings is 2. The fourth-order valence-electron chi connectivity index (χ4n) is 1.93. The lowest BCUT2D eigenvalue weighted by Crippen LogP contribution is -1.96. The molecule has 0 aliphatic rings. The third-order valence-corrected chi connectivity index (χ3v) is 2.65. The molecule has 4 N–H and O–H groups in total. The Kier molecular flexibility index (Phi) is 1.71. The zero-order valence-electron chi connectivity index (χ0n) is 8.51. The molecule has 0 fully saturated rings. The Morgan fingerprint density at radius 3 is 2.56 bits per heavy atom. The van der Waals surface area contributed by atoms with Crippen molar-refractivity contribution in [2.24, 2.45) is 0 Å². The summed E-state index contributed by atoms with van der Waals surface area (Å²) in [6.07, 6.45) is 3.41. The molecule has 78 valence electrons. The number of hydrogen-bond acceptors (Lipinski definition) is 4. The van der Waals surface area contributed by atoms with E-state index in [9.17, 15) is 0 Å². The van der Waals surface area contributed by atoms with E-state index in [0.29, 0.717) is 11.4 Å². The minimum atomic E-state index is 0.634. The van der Waals surface area contributed by atoms with Crippen LogP contribution in [0.25, 0.3) is 21.8 Å². The lowest BCUT2D eigenvalue weighted by molar-refractivity contribution is 1.38. The van der Waals surface area contributed by atoms with Crippen molar-refractivity contribution >= 4 is 33.2 Å². The number of hydrogen-bond donors (Lipinski definition) is 2. The van der Waals surface area contributed by atoms with E-state index >= 15 is 0 Å². The van der Waals surface area contributed by atoms with Gasteiger partial charge in [-0.25, -0.2) is 0 Å². The van der Waals surface area contributed by atoms with Crippen molar-refractivity contribution in [3.05, 3.63) is 36.7 Å². The van der Waals surface area contributed by atoms with Crippen LogP contribution in [-0.4, -0.2) is 9.97 Å². The number of anilines is 2. The monoisotopic (exact) mass is 210 g/mol. The lowest BCUT2D eigenvalue weighted by atomic mass is 10.1. The number of nitrogen functional groups attached to an aromatic ring is 2. The third kappa shape index (κ3) is 1.10. The Morgan fingerprint density at radius 2 is 1.69 bits per heavy atom. The molecule has 0 saturated carbocycles. The summed E-state index contributed by atoms with van der Waals surface area (Å²) < 4.78 is 0. The second-order valence-electron chi connectivity index (χ2n) is 3.66. The van der Waals surface area contributed by atoms with Crippen LogP contribution < -0.4 is 11.5 Å². The highest BCUT2D eigenvalue weighted by molar-refractivity contribution is 6.12. The summed E-state index contributed by atoms with van der Waals surface area (Å²) in [5.74, 6) is 0. The maximum absolute atomic E-state index is 5.98. The SMILES string of the molecule is Nc1ccnc2c1c(N)cc1cccnc12. The first-order chi connectivity index (χ1) is 7.77. The van der Waals surface area contributed by atoms with Crippen molar-refractivity contribution in [3.63, 3.8) is 0 Å². The van der Waals surface area contributed by atoms with Crippen molar-refractivity contribution in [2.45, 2.75) is 0 Å². The van der Waals surface area contributed by atoms with E-state index in [4.69, 9.17) is 11.5 Å². The van der Waals surface area contributed by atoms with Gasteiger partial charge in [-0.2, -0.15) is 0 Å². The molecule has 0 aliphatic carbocycles. The molecule has 16 heavy (non-hydrogen) atoms. The van der Waals surface area contributed by atoms with Crippen molar-refractivity contribution in [1.82, 2.24) is 9.97 Å². The molecule has 1 aromatic carbocycles. The first kappa shape index (κ1) is 8.91. The largest absolute Gasteiger partial charge is 0.398 e. The van der Waals surface area contributed by atoms with Crippen LogP contribution in [0.15, 0.2) is 36.7 Å². The first-order valence-electron chi connectivity index (χ1n) is 4.95. The minimum absolute atomic E-state index is 0.634. The minimum Gasteiger partial charge on any atom is -0.398 e. The van der Waals surface area contributed by atoms with E-state index in [-0.39, 0.29) is 0 Å². The molecule has 0 bridgehead atoms. The van der Waals surface area contributed by atoms with E-state index in [0.717, 1.165) is 21.8 Å². The quantitative estimate of drug-likeness (QED) is 0.439. The van der Waals surface area contributed by atoms with Crippen molar-refractivity contribution in [2.75, 3.05) is 11.5 Å². The number of rotatable bonds is 0. The topological polar surface area (TPSA) is 77.8 Å².